The van der Waals surface area contributed by atoms with Crippen LogP contribution < -0.4 is 20.5 Å². The Morgan fingerprint density at radius 2 is 1.71 bits per heavy atom. The van der Waals surface area contributed by atoms with Gasteiger partial charge in [0.05, 0.1) is 16.0 Å². The number of rotatable bonds is 9. The Hall–Kier alpha value is -2.92. The number of ether oxygens (including phenoxy) is 1. The first-order valence-electron chi connectivity index (χ1n) is 9.98. The largest absolute Gasteiger partial charge is 0.482 e. The normalized spacial score (nSPS) is 12.0. The summed E-state index contributed by atoms with van der Waals surface area (Å²) < 4.78 is 33.2. The van der Waals surface area contributed by atoms with Crippen molar-refractivity contribution in [2.75, 3.05) is 11.9 Å². The van der Waals surface area contributed by atoms with Crippen LogP contribution in [0.3, 0.4) is 0 Å². The van der Waals surface area contributed by atoms with Gasteiger partial charge in [-0.2, -0.15) is 0 Å². The third-order valence-corrected chi connectivity index (χ3v) is 6.72. The predicted octanol–water partition coefficient (Wildman–Crippen LogP) is 3.49. The van der Waals surface area contributed by atoms with E-state index in [2.05, 4.69) is 21.2 Å². The monoisotopic (exact) mass is 565 g/mol. The number of nitrogens with one attached hydrogen (secondary N) is 2. The number of hydrogen-bond donors (Lipinski definition) is 3. The van der Waals surface area contributed by atoms with Crippen LogP contribution >= 0.6 is 27.5 Å². The molecule has 178 valence electrons. The Balaban J connectivity index is 1.54. The van der Waals surface area contributed by atoms with Gasteiger partial charge in [0.1, 0.15) is 5.75 Å². The Kier molecular flexibility index (Phi) is 8.67. The SMILES string of the molecule is N[C@@H](Cc1ccccc1)C(=O)NS(=O)(=O)c1ccc(NC(=O)COc2ccc(Br)cc2Cl)cc1. The van der Waals surface area contributed by atoms with Crippen molar-refractivity contribution in [1.82, 2.24) is 4.72 Å². The van der Waals surface area contributed by atoms with Crippen LogP contribution in [0, 0.1) is 0 Å². The molecule has 0 aliphatic rings. The molecule has 34 heavy (non-hydrogen) atoms. The Bertz CT molecular complexity index is 1270. The van der Waals surface area contributed by atoms with E-state index >= 15 is 0 Å². The molecule has 2 amide bonds. The molecule has 3 rings (SSSR count). The predicted molar refractivity (Wildman–Crippen MR) is 133 cm³/mol. The molecule has 0 fully saturated rings. The lowest BCUT2D eigenvalue weighted by atomic mass is 10.1. The maximum Gasteiger partial charge on any atom is 0.264 e. The van der Waals surface area contributed by atoms with Gasteiger partial charge < -0.3 is 15.8 Å². The van der Waals surface area contributed by atoms with Gasteiger partial charge in [0.15, 0.2) is 6.61 Å². The van der Waals surface area contributed by atoms with Crippen LogP contribution in [-0.4, -0.2) is 32.9 Å². The molecular formula is C23H21BrClN3O5S. The molecule has 0 saturated heterocycles. The molecule has 1 atom stereocenters. The van der Waals surface area contributed by atoms with Crippen LogP contribution in [0.4, 0.5) is 5.69 Å². The molecule has 0 aromatic heterocycles. The van der Waals surface area contributed by atoms with E-state index in [1.165, 1.54) is 24.3 Å². The molecule has 0 heterocycles. The molecule has 11 heteroatoms. The number of halogens is 2. The lowest BCUT2D eigenvalue weighted by Crippen LogP contribution is -2.44. The van der Waals surface area contributed by atoms with E-state index in [9.17, 15) is 18.0 Å². The highest BCUT2D eigenvalue weighted by Crippen LogP contribution is 2.27. The second kappa shape index (κ2) is 11.5. The average molecular weight is 567 g/mol. The topological polar surface area (TPSA) is 128 Å². The summed E-state index contributed by atoms with van der Waals surface area (Å²) in [7, 11) is -4.13. The number of carbonyl (C=O) groups excluding carboxylic acids is 2. The van der Waals surface area contributed by atoms with Crippen LogP contribution in [-0.2, 0) is 26.0 Å². The highest BCUT2D eigenvalue weighted by Gasteiger charge is 2.22. The van der Waals surface area contributed by atoms with E-state index in [-0.39, 0.29) is 17.9 Å². The number of sulfonamides is 1. The van der Waals surface area contributed by atoms with Gasteiger partial charge in [-0.25, -0.2) is 13.1 Å². The summed E-state index contributed by atoms with van der Waals surface area (Å²) in [4.78, 5) is 24.3. The molecule has 0 aliphatic carbocycles. The molecule has 0 saturated carbocycles. The summed E-state index contributed by atoms with van der Waals surface area (Å²) in [6.07, 6.45) is 0.195. The molecular weight excluding hydrogens is 546 g/mol. The second-order valence-corrected chi connectivity index (χ2v) is 10.2. The fourth-order valence-electron chi connectivity index (χ4n) is 2.88. The zero-order valence-corrected chi connectivity index (χ0v) is 20.9. The fourth-order valence-corrected chi connectivity index (χ4v) is 4.63. The zero-order valence-electron chi connectivity index (χ0n) is 17.7. The van der Waals surface area contributed by atoms with Gasteiger partial charge in [-0.3, -0.25) is 9.59 Å². The molecule has 3 aromatic rings. The minimum absolute atomic E-state index is 0.149. The van der Waals surface area contributed by atoms with Crippen molar-refractivity contribution in [1.29, 1.82) is 0 Å². The zero-order chi connectivity index (χ0) is 24.7. The van der Waals surface area contributed by atoms with E-state index in [1.807, 2.05) is 10.8 Å². The number of nitrogens with two attached hydrogens (primary N) is 1. The first kappa shape index (κ1) is 25.7. The summed E-state index contributed by atoms with van der Waals surface area (Å²) in [6, 6.07) is 18.3. The highest BCUT2D eigenvalue weighted by molar-refractivity contribution is 9.10. The van der Waals surface area contributed by atoms with Gasteiger partial charge in [-0.1, -0.05) is 57.9 Å². The molecule has 0 aliphatic heterocycles. The molecule has 3 aromatic carbocycles. The summed E-state index contributed by atoms with van der Waals surface area (Å²) in [6.45, 7) is -0.295. The van der Waals surface area contributed by atoms with Crippen molar-refractivity contribution in [2.45, 2.75) is 17.4 Å². The van der Waals surface area contributed by atoms with E-state index in [1.54, 1.807) is 42.5 Å². The summed E-state index contributed by atoms with van der Waals surface area (Å²) in [5, 5.41) is 2.94. The van der Waals surface area contributed by atoms with Gasteiger partial charge in [-0.05, 0) is 54.4 Å². The van der Waals surface area contributed by atoms with Crippen LogP contribution in [0.2, 0.25) is 5.02 Å². The van der Waals surface area contributed by atoms with Crippen molar-refractivity contribution in [3.63, 3.8) is 0 Å². The number of benzene rings is 3. The van der Waals surface area contributed by atoms with E-state index in [4.69, 9.17) is 22.1 Å². The minimum Gasteiger partial charge on any atom is -0.482 e. The van der Waals surface area contributed by atoms with Crippen molar-refractivity contribution in [2.24, 2.45) is 5.73 Å². The van der Waals surface area contributed by atoms with Crippen molar-refractivity contribution >= 4 is 55.1 Å². The molecule has 0 bridgehead atoms. The van der Waals surface area contributed by atoms with Gasteiger partial charge >= 0.3 is 0 Å². The van der Waals surface area contributed by atoms with E-state index in [0.29, 0.717) is 16.5 Å². The molecule has 0 spiro atoms. The number of hydrogen-bond acceptors (Lipinski definition) is 6. The quantitative estimate of drug-likeness (QED) is 0.364. The van der Waals surface area contributed by atoms with E-state index in [0.717, 1.165) is 10.0 Å². The summed E-state index contributed by atoms with van der Waals surface area (Å²) >= 11 is 9.33. The van der Waals surface area contributed by atoms with Gasteiger partial charge in [0.2, 0.25) is 0 Å². The van der Waals surface area contributed by atoms with Crippen molar-refractivity contribution in [3.8, 4) is 5.75 Å². The van der Waals surface area contributed by atoms with Gasteiger partial charge in [-0.15, -0.1) is 0 Å². The molecule has 0 radical (unpaired) electrons. The third-order valence-electron chi connectivity index (χ3n) is 4.57. The summed E-state index contributed by atoms with van der Waals surface area (Å²) in [5.41, 5.74) is 7.02. The smallest absolute Gasteiger partial charge is 0.264 e. The average Bonchev–Trinajstić information content (AvgIpc) is 2.79. The van der Waals surface area contributed by atoms with Gasteiger partial charge in [0, 0.05) is 10.2 Å². The Morgan fingerprint density at radius 1 is 1.03 bits per heavy atom. The highest BCUT2D eigenvalue weighted by atomic mass is 79.9. The fraction of sp³-hybridized carbons (Fsp3) is 0.130. The maximum absolute atomic E-state index is 12.5. The Labute approximate surface area is 210 Å². The maximum atomic E-state index is 12.5. The lowest BCUT2D eigenvalue weighted by Gasteiger charge is -2.13. The molecule has 4 N–H and O–H groups in total. The van der Waals surface area contributed by atoms with Crippen molar-refractivity contribution < 1.29 is 22.7 Å². The third kappa shape index (κ3) is 7.29. The van der Waals surface area contributed by atoms with Gasteiger partial charge in [0.25, 0.3) is 21.8 Å². The minimum atomic E-state index is -4.13. The first-order valence-corrected chi connectivity index (χ1v) is 12.6. The Morgan fingerprint density at radius 3 is 2.35 bits per heavy atom. The number of anilines is 1. The van der Waals surface area contributed by atoms with Crippen LogP contribution in [0.25, 0.3) is 0 Å². The standard InChI is InChI=1S/C23H21BrClN3O5S/c24-16-6-11-21(19(25)13-16)33-14-22(29)27-17-7-9-18(10-8-17)34(31,32)28-23(30)20(26)12-15-4-2-1-3-5-15/h1-11,13,20H,12,14,26H2,(H,27,29)(H,28,30)/t20-/m0/s1. The lowest BCUT2D eigenvalue weighted by molar-refractivity contribution is -0.120. The van der Waals surface area contributed by atoms with Crippen LogP contribution in [0.5, 0.6) is 5.75 Å². The first-order chi connectivity index (χ1) is 16.1. The molecule has 8 nitrogen and oxygen atoms in total. The van der Waals surface area contributed by atoms with E-state index < -0.39 is 27.9 Å². The van der Waals surface area contributed by atoms with Crippen LogP contribution in [0.1, 0.15) is 5.56 Å². The number of amides is 2. The number of carbonyl (C=O) groups is 2. The van der Waals surface area contributed by atoms with Crippen LogP contribution in [0.15, 0.2) is 82.2 Å². The second-order valence-electron chi connectivity index (χ2n) is 7.20. The summed E-state index contributed by atoms with van der Waals surface area (Å²) in [5.74, 6) is -0.928. The molecule has 0 unspecified atom stereocenters. The van der Waals surface area contributed by atoms with Crippen molar-refractivity contribution in [3.05, 3.63) is 87.9 Å².